The normalized spacial score (nSPS) is 19.1. The van der Waals surface area contributed by atoms with Gasteiger partial charge >= 0.3 is 5.97 Å². The zero-order valence-electron chi connectivity index (χ0n) is 12.0. The molecule has 0 amide bonds. The zero-order chi connectivity index (χ0) is 14.0. The van der Waals surface area contributed by atoms with E-state index in [-0.39, 0.29) is 5.92 Å². The third-order valence-electron chi connectivity index (χ3n) is 3.77. The summed E-state index contributed by atoms with van der Waals surface area (Å²) < 4.78 is 0. The lowest BCUT2D eigenvalue weighted by molar-refractivity contribution is -0.139. The van der Waals surface area contributed by atoms with Gasteiger partial charge < -0.3 is 10.0 Å². The Hall–Kier alpha value is -1.51. The van der Waals surface area contributed by atoms with Crippen molar-refractivity contribution < 1.29 is 9.90 Å². The highest BCUT2D eigenvalue weighted by Crippen LogP contribution is 2.36. The monoisotopic (exact) mass is 261 g/mol. The molecule has 104 valence electrons. The van der Waals surface area contributed by atoms with E-state index in [1.54, 1.807) is 0 Å². The zero-order valence-corrected chi connectivity index (χ0v) is 12.0. The van der Waals surface area contributed by atoms with Gasteiger partial charge in [0, 0.05) is 18.8 Å². The number of anilines is 1. The average Bonchev–Trinajstić information content (AvgIpc) is 2.34. The summed E-state index contributed by atoms with van der Waals surface area (Å²) >= 11 is 0. The number of rotatable bonds is 3. The van der Waals surface area contributed by atoms with E-state index < -0.39 is 5.97 Å². The summed E-state index contributed by atoms with van der Waals surface area (Å²) in [5, 5.41) is 9.31. The lowest BCUT2D eigenvalue weighted by Gasteiger charge is -2.35. The van der Waals surface area contributed by atoms with E-state index in [1.165, 1.54) is 0 Å². The summed E-state index contributed by atoms with van der Waals surface area (Å²) in [6.07, 6.45) is 1.82. The van der Waals surface area contributed by atoms with Crippen LogP contribution in [0.1, 0.15) is 45.1 Å². The molecule has 0 fully saturated rings. The Balaban J connectivity index is 2.21. The minimum Gasteiger partial charge on any atom is -0.481 e. The number of para-hydroxylation sites is 1. The first-order chi connectivity index (χ1) is 8.88. The minimum absolute atomic E-state index is 0.304. The topological polar surface area (TPSA) is 40.5 Å². The first-order valence-corrected chi connectivity index (χ1v) is 6.95. The number of aliphatic carboxylic acids is 1. The van der Waals surface area contributed by atoms with Crippen molar-refractivity contribution in [2.45, 2.75) is 39.5 Å². The molecular weight excluding hydrogens is 238 g/mol. The number of benzene rings is 1. The molecule has 0 aromatic heterocycles. The van der Waals surface area contributed by atoms with Crippen LogP contribution < -0.4 is 4.90 Å². The maximum absolute atomic E-state index is 11.3. The molecule has 0 radical (unpaired) electrons. The van der Waals surface area contributed by atoms with Gasteiger partial charge in [-0.15, -0.1) is 0 Å². The number of carbonyl (C=O) groups is 1. The second kappa shape index (κ2) is 5.24. The Morgan fingerprint density at radius 3 is 2.68 bits per heavy atom. The molecule has 1 aliphatic rings. The lowest BCUT2D eigenvalue weighted by Crippen LogP contribution is -2.35. The van der Waals surface area contributed by atoms with E-state index >= 15 is 0 Å². The van der Waals surface area contributed by atoms with E-state index in [4.69, 9.17) is 0 Å². The number of nitrogens with zero attached hydrogens (tertiary/aromatic N) is 1. The molecule has 0 aliphatic carbocycles. The van der Waals surface area contributed by atoms with Gasteiger partial charge in [-0.3, -0.25) is 4.79 Å². The van der Waals surface area contributed by atoms with Crippen molar-refractivity contribution in [3.05, 3.63) is 29.8 Å². The van der Waals surface area contributed by atoms with Gasteiger partial charge in [0.15, 0.2) is 0 Å². The number of hydrogen-bond acceptors (Lipinski definition) is 2. The molecule has 3 heteroatoms. The Labute approximate surface area is 115 Å². The van der Waals surface area contributed by atoms with E-state index in [1.807, 2.05) is 24.3 Å². The number of fused-ring (bicyclic) bond motifs is 1. The van der Waals surface area contributed by atoms with Crippen LogP contribution in [0.5, 0.6) is 0 Å². The molecule has 0 saturated carbocycles. The smallest absolute Gasteiger partial charge is 0.311 e. The third-order valence-corrected chi connectivity index (χ3v) is 3.77. The Kier molecular flexibility index (Phi) is 3.83. The van der Waals surface area contributed by atoms with E-state index in [0.29, 0.717) is 11.8 Å². The van der Waals surface area contributed by atoms with Crippen molar-refractivity contribution in [2.24, 2.45) is 5.41 Å². The summed E-state index contributed by atoms with van der Waals surface area (Å²) in [7, 11) is 0. The van der Waals surface area contributed by atoms with Crippen LogP contribution in [-0.4, -0.2) is 24.2 Å². The lowest BCUT2D eigenvalue weighted by atomic mass is 9.88. The fourth-order valence-corrected chi connectivity index (χ4v) is 2.59. The van der Waals surface area contributed by atoms with Gasteiger partial charge in [-0.2, -0.15) is 0 Å². The second-order valence-electron chi connectivity index (χ2n) is 6.54. The molecule has 1 unspecified atom stereocenters. The molecule has 0 spiro atoms. The number of carboxylic acid groups (broad SMARTS) is 1. The Bertz CT molecular complexity index is 462. The summed E-state index contributed by atoms with van der Waals surface area (Å²) in [5.41, 5.74) is 2.37. The SMILES string of the molecule is CC(C)(C)CCN1CCC(C(=O)O)c2ccccc21. The van der Waals surface area contributed by atoms with Crippen molar-refractivity contribution in [2.75, 3.05) is 18.0 Å². The van der Waals surface area contributed by atoms with Gasteiger partial charge in [0.25, 0.3) is 0 Å². The summed E-state index contributed by atoms with van der Waals surface area (Å²) in [6, 6.07) is 7.93. The maximum Gasteiger partial charge on any atom is 0.311 e. The van der Waals surface area contributed by atoms with Crippen LogP contribution in [0.3, 0.4) is 0 Å². The van der Waals surface area contributed by atoms with Gasteiger partial charge in [-0.25, -0.2) is 0 Å². The molecule has 1 aliphatic heterocycles. The Morgan fingerprint density at radius 1 is 1.37 bits per heavy atom. The van der Waals surface area contributed by atoms with Crippen molar-refractivity contribution >= 4 is 11.7 Å². The van der Waals surface area contributed by atoms with Crippen LogP contribution in [0.15, 0.2) is 24.3 Å². The second-order valence-corrected chi connectivity index (χ2v) is 6.54. The van der Waals surface area contributed by atoms with Crippen LogP contribution in [0.4, 0.5) is 5.69 Å². The molecular formula is C16H23NO2. The molecule has 1 aromatic rings. The third kappa shape index (κ3) is 3.28. The molecule has 19 heavy (non-hydrogen) atoms. The van der Waals surface area contributed by atoms with E-state index in [2.05, 4.69) is 25.7 Å². The van der Waals surface area contributed by atoms with Crippen LogP contribution in [0, 0.1) is 5.41 Å². The quantitative estimate of drug-likeness (QED) is 0.905. The summed E-state index contributed by atoms with van der Waals surface area (Å²) in [6.45, 7) is 8.55. The molecule has 1 N–H and O–H groups in total. The van der Waals surface area contributed by atoms with Crippen molar-refractivity contribution in [3.63, 3.8) is 0 Å². The predicted molar refractivity (Wildman–Crippen MR) is 77.7 cm³/mol. The molecule has 1 atom stereocenters. The number of carboxylic acids is 1. The number of hydrogen-bond donors (Lipinski definition) is 1. The Morgan fingerprint density at radius 2 is 2.05 bits per heavy atom. The highest BCUT2D eigenvalue weighted by Gasteiger charge is 2.29. The van der Waals surface area contributed by atoms with Crippen molar-refractivity contribution in [1.82, 2.24) is 0 Å². The predicted octanol–water partition coefficient (Wildman–Crippen LogP) is 3.50. The first-order valence-electron chi connectivity index (χ1n) is 6.95. The molecule has 0 saturated heterocycles. The highest BCUT2D eigenvalue weighted by atomic mass is 16.4. The van der Waals surface area contributed by atoms with Crippen LogP contribution >= 0.6 is 0 Å². The van der Waals surface area contributed by atoms with Crippen LogP contribution in [-0.2, 0) is 4.79 Å². The molecule has 1 aromatic carbocycles. The van der Waals surface area contributed by atoms with Gasteiger partial charge in [0.2, 0.25) is 0 Å². The van der Waals surface area contributed by atoms with Crippen molar-refractivity contribution in [1.29, 1.82) is 0 Å². The molecule has 1 heterocycles. The maximum atomic E-state index is 11.3. The first kappa shape index (κ1) is 13.9. The summed E-state index contributed by atoms with van der Waals surface area (Å²) in [4.78, 5) is 13.7. The largest absolute Gasteiger partial charge is 0.481 e. The van der Waals surface area contributed by atoms with E-state index in [0.717, 1.165) is 30.8 Å². The molecule has 0 bridgehead atoms. The molecule has 3 nitrogen and oxygen atoms in total. The van der Waals surface area contributed by atoms with E-state index in [9.17, 15) is 9.90 Å². The standard InChI is InChI=1S/C16H23NO2/c1-16(2,3)9-11-17-10-8-13(15(18)19)12-6-4-5-7-14(12)17/h4-7,13H,8-11H2,1-3H3,(H,18,19). The summed E-state index contributed by atoms with van der Waals surface area (Å²) in [5.74, 6) is -1.05. The fraction of sp³-hybridized carbons (Fsp3) is 0.562. The van der Waals surface area contributed by atoms with Gasteiger partial charge in [0.1, 0.15) is 0 Å². The van der Waals surface area contributed by atoms with Crippen molar-refractivity contribution in [3.8, 4) is 0 Å². The van der Waals surface area contributed by atoms with Crippen LogP contribution in [0.25, 0.3) is 0 Å². The average molecular weight is 261 g/mol. The van der Waals surface area contributed by atoms with Crippen LogP contribution in [0.2, 0.25) is 0 Å². The highest BCUT2D eigenvalue weighted by molar-refractivity contribution is 5.80. The van der Waals surface area contributed by atoms with Gasteiger partial charge in [-0.05, 0) is 29.9 Å². The fourth-order valence-electron chi connectivity index (χ4n) is 2.59. The molecule has 2 rings (SSSR count). The van der Waals surface area contributed by atoms with Gasteiger partial charge in [-0.1, -0.05) is 39.0 Å². The minimum atomic E-state index is -0.706. The van der Waals surface area contributed by atoms with Gasteiger partial charge in [0.05, 0.1) is 5.92 Å².